The molecule has 2 aromatic heterocycles. The number of benzene rings is 2. The number of aromatic amines is 2. The highest BCUT2D eigenvalue weighted by atomic mass is 14.9. The molecule has 0 aliphatic carbocycles. The van der Waals surface area contributed by atoms with E-state index in [9.17, 15) is 0 Å². The highest BCUT2D eigenvalue weighted by Crippen LogP contribution is 2.28. The molecule has 166 valence electrons. The first-order chi connectivity index (χ1) is 15.9. The number of rotatable bonds is 13. The van der Waals surface area contributed by atoms with E-state index in [4.69, 9.17) is 0 Å². The average Bonchev–Trinajstić information content (AvgIpc) is 3.52. The van der Waals surface area contributed by atoms with Crippen LogP contribution in [0.25, 0.3) is 0 Å². The maximum Gasteiger partial charge on any atom is 0.106 e. The number of unbranched alkanes of at least 4 members (excludes halogenated alkanes) is 1. The van der Waals surface area contributed by atoms with Crippen molar-refractivity contribution in [1.82, 2.24) is 25.3 Å². The van der Waals surface area contributed by atoms with Gasteiger partial charge in [-0.15, -0.1) is 0 Å². The normalized spacial score (nSPS) is 11.3. The molecular weight excluding hydrogens is 394 g/mol. The highest BCUT2D eigenvalue weighted by Gasteiger charge is 2.14. The number of aryl methyl sites for hydroxylation is 2. The summed E-state index contributed by atoms with van der Waals surface area (Å²) in [5.74, 6) is 1.46. The third-order valence-corrected chi connectivity index (χ3v) is 5.93. The molecule has 4 aromatic rings. The third-order valence-electron chi connectivity index (χ3n) is 5.93. The molecule has 0 bridgehead atoms. The fourth-order valence-corrected chi connectivity index (χ4v) is 4.17. The Bertz CT molecular complexity index is 969. The number of imidazole rings is 2. The van der Waals surface area contributed by atoms with Gasteiger partial charge in [0.05, 0.1) is 6.33 Å². The lowest BCUT2D eigenvalue weighted by molar-refractivity contribution is 0.617. The van der Waals surface area contributed by atoms with Crippen LogP contribution < -0.4 is 5.32 Å². The van der Waals surface area contributed by atoms with Crippen molar-refractivity contribution in [3.05, 3.63) is 108 Å². The molecule has 2 heterocycles. The first-order valence-electron chi connectivity index (χ1n) is 11.7. The van der Waals surface area contributed by atoms with Gasteiger partial charge >= 0.3 is 0 Å². The van der Waals surface area contributed by atoms with Crippen LogP contribution in [0.3, 0.4) is 0 Å². The Labute approximate surface area is 190 Å². The predicted octanol–water partition coefficient (Wildman–Crippen LogP) is 5.05. The minimum absolute atomic E-state index is 0.384. The molecule has 0 saturated carbocycles. The van der Waals surface area contributed by atoms with E-state index in [0.29, 0.717) is 5.92 Å². The lowest BCUT2D eigenvalue weighted by Crippen LogP contribution is -2.18. The molecule has 5 heteroatoms. The number of aromatic nitrogens is 4. The van der Waals surface area contributed by atoms with Crippen LogP contribution in [0.1, 0.15) is 53.5 Å². The van der Waals surface area contributed by atoms with E-state index in [-0.39, 0.29) is 0 Å². The van der Waals surface area contributed by atoms with Crippen molar-refractivity contribution in [2.75, 3.05) is 13.1 Å². The van der Waals surface area contributed by atoms with Gasteiger partial charge in [-0.3, -0.25) is 0 Å². The minimum Gasteiger partial charge on any atom is -0.348 e. The molecular formula is C27H33N5. The SMILES string of the molecule is c1ccc(C(CCc2ncc(CCNCCCCc3cnc[nH]3)[nH]2)c2ccccc2)cc1. The largest absolute Gasteiger partial charge is 0.348 e. The van der Waals surface area contributed by atoms with Crippen LogP contribution in [0, 0.1) is 0 Å². The van der Waals surface area contributed by atoms with Crippen LogP contribution >= 0.6 is 0 Å². The van der Waals surface area contributed by atoms with Gasteiger partial charge in [-0.25, -0.2) is 9.97 Å². The molecule has 0 atom stereocenters. The van der Waals surface area contributed by atoms with E-state index in [2.05, 4.69) is 85.9 Å². The molecule has 4 rings (SSSR count). The van der Waals surface area contributed by atoms with Crippen LogP contribution in [-0.4, -0.2) is 33.0 Å². The number of H-pyrrole nitrogens is 2. The Hall–Kier alpha value is -3.18. The average molecular weight is 428 g/mol. The number of nitrogens with one attached hydrogen (secondary N) is 3. The quantitative estimate of drug-likeness (QED) is 0.261. The molecule has 0 spiro atoms. The molecule has 0 aliphatic rings. The zero-order chi connectivity index (χ0) is 21.8. The Morgan fingerprint density at radius 3 is 2.19 bits per heavy atom. The summed E-state index contributed by atoms with van der Waals surface area (Å²) in [7, 11) is 0. The maximum atomic E-state index is 4.64. The molecule has 0 fully saturated rings. The zero-order valence-electron chi connectivity index (χ0n) is 18.6. The molecule has 3 N–H and O–H groups in total. The van der Waals surface area contributed by atoms with E-state index in [1.165, 1.54) is 35.4 Å². The van der Waals surface area contributed by atoms with Gasteiger partial charge in [-0.05, 0) is 43.4 Å². The van der Waals surface area contributed by atoms with E-state index in [1.54, 1.807) is 6.33 Å². The van der Waals surface area contributed by atoms with Gasteiger partial charge in [0.15, 0.2) is 0 Å². The number of nitrogens with zero attached hydrogens (tertiary/aromatic N) is 2. The zero-order valence-corrected chi connectivity index (χ0v) is 18.6. The van der Waals surface area contributed by atoms with Gasteiger partial charge < -0.3 is 15.3 Å². The summed E-state index contributed by atoms with van der Waals surface area (Å²) < 4.78 is 0. The van der Waals surface area contributed by atoms with Gasteiger partial charge in [0.2, 0.25) is 0 Å². The topological polar surface area (TPSA) is 69.4 Å². The van der Waals surface area contributed by atoms with E-state index in [1.807, 2.05) is 12.4 Å². The second kappa shape index (κ2) is 12.0. The Morgan fingerprint density at radius 1 is 0.750 bits per heavy atom. The fourth-order valence-electron chi connectivity index (χ4n) is 4.17. The summed E-state index contributed by atoms with van der Waals surface area (Å²) in [6.07, 6.45) is 12.0. The summed E-state index contributed by atoms with van der Waals surface area (Å²) in [4.78, 5) is 15.4. The van der Waals surface area contributed by atoms with Crippen molar-refractivity contribution in [2.45, 2.75) is 44.4 Å². The second-order valence-electron chi connectivity index (χ2n) is 8.30. The fraction of sp³-hybridized carbons (Fsp3) is 0.333. The first kappa shape index (κ1) is 22.0. The molecule has 0 aliphatic heterocycles. The Morgan fingerprint density at radius 2 is 1.50 bits per heavy atom. The van der Waals surface area contributed by atoms with Crippen LogP contribution in [-0.2, 0) is 19.3 Å². The van der Waals surface area contributed by atoms with Crippen LogP contribution in [0.2, 0.25) is 0 Å². The van der Waals surface area contributed by atoms with Crippen molar-refractivity contribution in [3.63, 3.8) is 0 Å². The molecule has 2 aromatic carbocycles. The van der Waals surface area contributed by atoms with Gasteiger partial charge in [-0.2, -0.15) is 0 Å². The molecule has 0 radical (unpaired) electrons. The molecule has 5 nitrogen and oxygen atoms in total. The Kier molecular flexibility index (Phi) is 8.27. The first-order valence-corrected chi connectivity index (χ1v) is 11.7. The molecule has 0 saturated heterocycles. The van der Waals surface area contributed by atoms with Crippen LogP contribution in [0.5, 0.6) is 0 Å². The van der Waals surface area contributed by atoms with Crippen molar-refractivity contribution in [3.8, 4) is 0 Å². The molecule has 0 unspecified atom stereocenters. The molecule has 32 heavy (non-hydrogen) atoms. The minimum atomic E-state index is 0.384. The van der Waals surface area contributed by atoms with Crippen molar-refractivity contribution < 1.29 is 0 Å². The Balaban J connectivity index is 1.20. The monoisotopic (exact) mass is 427 g/mol. The molecule has 0 amide bonds. The van der Waals surface area contributed by atoms with Crippen LogP contribution in [0.4, 0.5) is 0 Å². The summed E-state index contributed by atoms with van der Waals surface area (Å²) in [5.41, 5.74) is 5.15. The van der Waals surface area contributed by atoms with Crippen molar-refractivity contribution >= 4 is 0 Å². The second-order valence-corrected chi connectivity index (χ2v) is 8.30. The summed E-state index contributed by atoms with van der Waals surface area (Å²) in [5, 5.41) is 3.54. The van der Waals surface area contributed by atoms with E-state index >= 15 is 0 Å². The smallest absolute Gasteiger partial charge is 0.106 e. The summed E-state index contributed by atoms with van der Waals surface area (Å²) in [6, 6.07) is 21.6. The maximum absolute atomic E-state index is 4.64. The van der Waals surface area contributed by atoms with Gasteiger partial charge in [0.1, 0.15) is 5.82 Å². The van der Waals surface area contributed by atoms with Gasteiger partial charge in [-0.1, -0.05) is 60.7 Å². The van der Waals surface area contributed by atoms with Gasteiger partial charge in [0.25, 0.3) is 0 Å². The lowest BCUT2D eigenvalue weighted by Gasteiger charge is -2.17. The standard InChI is InChI=1S/C27H33N5/c1-3-9-22(10-4-1)26(23-11-5-2-6-12-23)14-15-27-30-20-25(32-27)16-18-28-17-8-7-13-24-19-29-21-31-24/h1-6,9-12,19-21,26,28H,7-8,13-18H2,(H,29,31)(H,30,32). The van der Waals surface area contributed by atoms with Crippen molar-refractivity contribution in [2.24, 2.45) is 0 Å². The number of hydrogen-bond acceptors (Lipinski definition) is 3. The number of hydrogen-bond donors (Lipinski definition) is 3. The lowest BCUT2D eigenvalue weighted by atomic mass is 9.87. The highest BCUT2D eigenvalue weighted by molar-refractivity contribution is 5.32. The summed E-state index contributed by atoms with van der Waals surface area (Å²) >= 11 is 0. The van der Waals surface area contributed by atoms with Crippen molar-refractivity contribution in [1.29, 1.82) is 0 Å². The van der Waals surface area contributed by atoms with E-state index in [0.717, 1.165) is 44.6 Å². The predicted molar refractivity (Wildman–Crippen MR) is 130 cm³/mol. The third kappa shape index (κ3) is 6.66. The van der Waals surface area contributed by atoms with Crippen LogP contribution in [0.15, 0.2) is 79.4 Å². The van der Waals surface area contributed by atoms with Gasteiger partial charge in [0, 0.05) is 49.1 Å². The summed E-state index contributed by atoms with van der Waals surface area (Å²) in [6.45, 7) is 2.02. The van der Waals surface area contributed by atoms with E-state index < -0.39 is 0 Å².